The summed E-state index contributed by atoms with van der Waals surface area (Å²) in [7, 11) is 0. The van der Waals surface area contributed by atoms with Gasteiger partial charge in [-0.2, -0.15) is 5.26 Å². The van der Waals surface area contributed by atoms with Crippen molar-refractivity contribution < 1.29 is 4.79 Å². The highest BCUT2D eigenvalue weighted by molar-refractivity contribution is 5.92. The molecule has 1 aliphatic rings. The lowest BCUT2D eigenvalue weighted by molar-refractivity contribution is 0.0932. The lowest BCUT2D eigenvalue weighted by Crippen LogP contribution is -2.38. The molecule has 20 heavy (non-hydrogen) atoms. The van der Waals surface area contributed by atoms with Crippen molar-refractivity contribution >= 4 is 5.91 Å². The number of nitriles is 1. The Hall–Kier alpha value is -1.93. The molecule has 0 atom stereocenters. The standard InChI is InChI=1S/C15H20N4O/c1-2-19-7-5-12(6-8-19)10-18-15(20)14-4-3-13(9-16)11-17-14/h3-4,11-12H,2,5-8,10H2,1H3,(H,18,20). The van der Waals surface area contributed by atoms with E-state index < -0.39 is 0 Å². The van der Waals surface area contributed by atoms with E-state index in [9.17, 15) is 4.79 Å². The number of pyridine rings is 1. The van der Waals surface area contributed by atoms with Crippen LogP contribution in [0.1, 0.15) is 35.8 Å². The molecule has 0 unspecified atom stereocenters. The second-order valence-corrected chi connectivity index (χ2v) is 5.13. The number of aromatic nitrogens is 1. The van der Waals surface area contributed by atoms with Crippen LogP contribution in [-0.2, 0) is 0 Å². The van der Waals surface area contributed by atoms with Crippen LogP contribution in [-0.4, -0.2) is 42.0 Å². The molecule has 0 spiro atoms. The monoisotopic (exact) mass is 272 g/mol. The molecule has 0 bridgehead atoms. The summed E-state index contributed by atoms with van der Waals surface area (Å²) in [4.78, 5) is 18.4. The average Bonchev–Trinajstić information content (AvgIpc) is 2.53. The van der Waals surface area contributed by atoms with Crippen LogP contribution in [0.25, 0.3) is 0 Å². The highest BCUT2D eigenvalue weighted by Gasteiger charge is 2.18. The second kappa shape index (κ2) is 7.01. The molecule has 5 heteroatoms. The molecule has 1 aromatic rings. The molecule has 0 saturated carbocycles. The number of amides is 1. The van der Waals surface area contributed by atoms with E-state index in [0.29, 0.717) is 23.7 Å². The molecule has 1 aliphatic heterocycles. The molecule has 1 aromatic heterocycles. The number of likely N-dealkylation sites (tertiary alicyclic amines) is 1. The Morgan fingerprint density at radius 1 is 1.50 bits per heavy atom. The lowest BCUT2D eigenvalue weighted by Gasteiger charge is -2.30. The minimum absolute atomic E-state index is 0.160. The van der Waals surface area contributed by atoms with Crippen LogP contribution >= 0.6 is 0 Å². The van der Waals surface area contributed by atoms with Crippen molar-refractivity contribution in [2.75, 3.05) is 26.2 Å². The summed E-state index contributed by atoms with van der Waals surface area (Å²) < 4.78 is 0. The molecule has 1 amide bonds. The smallest absolute Gasteiger partial charge is 0.269 e. The quantitative estimate of drug-likeness (QED) is 0.900. The maximum Gasteiger partial charge on any atom is 0.269 e. The minimum Gasteiger partial charge on any atom is -0.350 e. The van der Waals surface area contributed by atoms with Gasteiger partial charge >= 0.3 is 0 Å². The Balaban J connectivity index is 1.79. The SMILES string of the molecule is CCN1CCC(CNC(=O)c2ccc(C#N)cn2)CC1. The van der Waals surface area contributed by atoms with Gasteiger partial charge in [0, 0.05) is 12.7 Å². The van der Waals surface area contributed by atoms with Gasteiger partial charge in [-0.05, 0) is 50.5 Å². The summed E-state index contributed by atoms with van der Waals surface area (Å²) in [5, 5.41) is 11.6. The number of rotatable bonds is 4. The first-order valence-corrected chi connectivity index (χ1v) is 7.09. The first kappa shape index (κ1) is 14.5. The average molecular weight is 272 g/mol. The third kappa shape index (κ3) is 3.78. The first-order chi connectivity index (χ1) is 9.72. The maximum absolute atomic E-state index is 11.9. The fourth-order valence-corrected chi connectivity index (χ4v) is 2.43. The van der Waals surface area contributed by atoms with E-state index in [1.165, 1.54) is 6.20 Å². The number of hydrogen-bond acceptors (Lipinski definition) is 4. The normalized spacial score (nSPS) is 16.6. The van der Waals surface area contributed by atoms with Gasteiger partial charge in [-0.1, -0.05) is 6.92 Å². The number of nitrogens with one attached hydrogen (secondary N) is 1. The van der Waals surface area contributed by atoms with Crippen molar-refractivity contribution in [2.45, 2.75) is 19.8 Å². The van der Waals surface area contributed by atoms with Crippen LogP contribution in [0.15, 0.2) is 18.3 Å². The van der Waals surface area contributed by atoms with Crippen LogP contribution in [0, 0.1) is 17.2 Å². The molecule has 0 aliphatic carbocycles. The van der Waals surface area contributed by atoms with Gasteiger partial charge in [0.2, 0.25) is 0 Å². The third-order valence-corrected chi connectivity index (χ3v) is 3.83. The van der Waals surface area contributed by atoms with Crippen LogP contribution in [0.2, 0.25) is 0 Å². The fraction of sp³-hybridized carbons (Fsp3) is 0.533. The zero-order chi connectivity index (χ0) is 14.4. The van der Waals surface area contributed by atoms with E-state index in [2.05, 4.69) is 22.1 Å². The summed E-state index contributed by atoms with van der Waals surface area (Å²) in [5.74, 6) is 0.396. The van der Waals surface area contributed by atoms with Gasteiger partial charge in [0.1, 0.15) is 11.8 Å². The van der Waals surface area contributed by atoms with Crippen molar-refractivity contribution in [3.05, 3.63) is 29.6 Å². The van der Waals surface area contributed by atoms with Crippen molar-refractivity contribution in [1.82, 2.24) is 15.2 Å². The number of piperidine rings is 1. The molecule has 2 rings (SSSR count). The molecular formula is C15H20N4O. The van der Waals surface area contributed by atoms with Gasteiger partial charge in [-0.15, -0.1) is 0 Å². The van der Waals surface area contributed by atoms with Crippen molar-refractivity contribution in [2.24, 2.45) is 5.92 Å². The van der Waals surface area contributed by atoms with Crippen LogP contribution < -0.4 is 5.32 Å². The zero-order valence-electron chi connectivity index (χ0n) is 11.8. The van der Waals surface area contributed by atoms with Gasteiger partial charge in [0.05, 0.1) is 5.56 Å². The predicted molar refractivity (Wildman–Crippen MR) is 76.1 cm³/mol. The van der Waals surface area contributed by atoms with Gasteiger partial charge in [0.25, 0.3) is 5.91 Å². The van der Waals surface area contributed by atoms with E-state index in [1.54, 1.807) is 12.1 Å². The van der Waals surface area contributed by atoms with E-state index in [-0.39, 0.29) is 5.91 Å². The van der Waals surface area contributed by atoms with Gasteiger partial charge in [0.15, 0.2) is 0 Å². The van der Waals surface area contributed by atoms with Gasteiger partial charge < -0.3 is 10.2 Å². The molecule has 0 radical (unpaired) electrons. The topological polar surface area (TPSA) is 69.0 Å². The van der Waals surface area contributed by atoms with E-state index in [0.717, 1.165) is 32.5 Å². The van der Waals surface area contributed by atoms with Crippen molar-refractivity contribution in [3.8, 4) is 6.07 Å². The van der Waals surface area contributed by atoms with E-state index in [1.807, 2.05) is 6.07 Å². The summed E-state index contributed by atoms with van der Waals surface area (Å²) in [6.45, 7) is 6.23. The Morgan fingerprint density at radius 3 is 2.80 bits per heavy atom. The predicted octanol–water partition coefficient (Wildman–Crippen LogP) is 1.41. The summed E-state index contributed by atoms with van der Waals surface area (Å²) in [5.41, 5.74) is 0.837. The number of carbonyl (C=O) groups excluding carboxylic acids is 1. The van der Waals surface area contributed by atoms with Crippen LogP contribution in [0.5, 0.6) is 0 Å². The third-order valence-electron chi connectivity index (χ3n) is 3.83. The minimum atomic E-state index is -0.160. The molecular weight excluding hydrogens is 252 g/mol. The molecule has 1 saturated heterocycles. The van der Waals surface area contributed by atoms with Gasteiger partial charge in [-0.3, -0.25) is 4.79 Å². The summed E-state index contributed by atoms with van der Waals surface area (Å²) in [6.07, 6.45) is 3.69. The molecule has 2 heterocycles. The van der Waals surface area contributed by atoms with Gasteiger partial charge in [-0.25, -0.2) is 4.98 Å². The number of carbonyl (C=O) groups is 1. The lowest BCUT2D eigenvalue weighted by atomic mass is 9.97. The number of nitrogens with zero attached hydrogens (tertiary/aromatic N) is 3. The van der Waals surface area contributed by atoms with E-state index >= 15 is 0 Å². The highest BCUT2D eigenvalue weighted by Crippen LogP contribution is 2.15. The molecule has 5 nitrogen and oxygen atoms in total. The van der Waals surface area contributed by atoms with E-state index in [4.69, 9.17) is 5.26 Å². The Kier molecular flexibility index (Phi) is 5.08. The Morgan fingerprint density at radius 2 is 2.25 bits per heavy atom. The fourth-order valence-electron chi connectivity index (χ4n) is 2.43. The highest BCUT2D eigenvalue weighted by atomic mass is 16.1. The first-order valence-electron chi connectivity index (χ1n) is 7.09. The maximum atomic E-state index is 11.9. The van der Waals surface area contributed by atoms with Crippen LogP contribution in [0.4, 0.5) is 0 Å². The summed E-state index contributed by atoms with van der Waals surface area (Å²) in [6, 6.07) is 5.19. The van der Waals surface area contributed by atoms with Crippen LogP contribution in [0.3, 0.4) is 0 Å². The molecule has 1 N–H and O–H groups in total. The van der Waals surface area contributed by atoms with Crippen molar-refractivity contribution in [3.63, 3.8) is 0 Å². The molecule has 0 aromatic carbocycles. The zero-order valence-corrected chi connectivity index (χ0v) is 11.8. The molecule has 1 fully saturated rings. The largest absolute Gasteiger partial charge is 0.350 e. The number of hydrogen-bond donors (Lipinski definition) is 1. The summed E-state index contributed by atoms with van der Waals surface area (Å²) >= 11 is 0. The molecule has 106 valence electrons. The Bertz CT molecular complexity index is 484. The Labute approximate surface area is 119 Å². The second-order valence-electron chi connectivity index (χ2n) is 5.13. The van der Waals surface area contributed by atoms with Crippen molar-refractivity contribution in [1.29, 1.82) is 5.26 Å².